The number of anilines is 4. The third-order valence-corrected chi connectivity index (χ3v) is 10.2. The van der Waals surface area contributed by atoms with Crippen LogP contribution in [0, 0.1) is 29.6 Å². The number of rotatable bonds is 7. The fraction of sp³-hybridized carbons (Fsp3) is 0.280. The normalized spacial score (nSPS) is 13.3. The van der Waals surface area contributed by atoms with Gasteiger partial charge in [-0.2, -0.15) is 12.1 Å². The summed E-state index contributed by atoms with van der Waals surface area (Å²) in [6.07, 6.45) is 3.89. The SMILES string of the molecule is CC(C)(C)Cc1ccc2c(c1CC(C)(C)C)c1ccc(Oc3[c-]c(N4[CH-]N(c5ccccc5)c5ccccc54)ccc3)[c-]c1n2-c1cc(C(C)(C)C)ccn1.[Pt]. The number of para-hydroxylation sites is 3. The zero-order chi connectivity index (χ0) is 38.7. The van der Waals surface area contributed by atoms with Crippen LogP contribution in [0.3, 0.4) is 0 Å². The molecule has 5 aromatic carbocycles. The second-order valence-corrected chi connectivity index (χ2v) is 18.3. The summed E-state index contributed by atoms with van der Waals surface area (Å²) >= 11 is 0. The molecule has 1 aliphatic heterocycles. The van der Waals surface area contributed by atoms with Crippen LogP contribution >= 0.6 is 0 Å². The Bertz CT molecular complexity index is 2520. The summed E-state index contributed by atoms with van der Waals surface area (Å²) in [5.41, 5.74) is 10.5. The summed E-state index contributed by atoms with van der Waals surface area (Å²) in [5.74, 6) is 2.13. The molecule has 6 heteroatoms. The van der Waals surface area contributed by atoms with Crippen molar-refractivity contribution >= 4 is 44.6 Å². The van der Waals surface area contributed by atoms with Crippen molar-refractivity contribution in [1.82, 2.24) is 9.55 Å². The second kappa shape index (κ2) is 14.9. The van der Waals surface area contributed by atoms with Crippen LogP contribution in [-0.4, -0.2) is 9.55 Å². The fourth-order valence-electron chi connectivity index (χ4n) is 7.75. The van der Waals surface area contributed by atoms with E-state index >= 15 is 0 Å². The summed E-state index contributed by atoms with van der Waals surface area (Å²) in [4.78, 5) is 9.36. The molecule has 0 saturated heterocycles. The van der Waals surface area contributed by atoms with Crippen LogP contribution in [0.25, 0.3) is 27.6 Å². The average Bonchev–Trinajstić information content (AvgIpc) is 3.68. The molecule has 0 amide bonds. The van der Waals surface area contributed by atoms with Crippen LogP contribution in [0.4, 0.5) is 22.7 Å². The molecule has 0 spiro atoms. The molecule has 0 radical (unpaired) electrons. The zero-order valence-corrected chi connectivity index (χ0v) is 36.2. The van der Waals surface area contributed by atoms with Crippen LogP contribution in [0.1, 0.15) is 79.0 Å². The molecule has 0 N–H and O–H groups in total. The van der Waals surface area contributed by atoms with Gasteiger partial charge < -0.3 is 19.1 Å². The molecule has 3 heterocycles. The third-order valence-electron chi connectivity index (χ3n) is 10.2. The number of ether oxygens (including phenoxy) is 1. The zero-order valence-electron chi connectivity index (χ0n) is 34.0. The van der Waals surface area contributed by atoms with Gasteiger partial charge in [-0.3, -0.25) is 0 Å². The summed E-state index contributed by atoms with van der Waals surface area (Å²) < 4.78 is 8.94. The number of fused-ring (bicyclic) bond motifs is 4. The van der Waals surface area contributed by atoms with E-state index in [1.807, 2.05) is 24.4 Å². The quantitative estimate of drug-likeness (QED) is 0.149. The molecule has 0 fully saturated rings. The summed E-state index contributed by atoms with van der Waals surface area (Å²) in [6.45, 7) is 22.8. The van der Waals surface area contributed by atoms with E-state index in [0.29, 0.717) is 11.5 Å². The van der Waals surface area contributed by atoms with Gasteiger partial charge in [-0.1, -0.05) is 104 Å². The van der Waals surface area contributed by atoms with Crippen molar-refractivity contribution in [1.29, 1.82) is 0 Å². The number of hydrogen-bond acceptors (Lipinski definition) is 4. The van der Waals surface area contributed by atoms with Crippen LogP contribution in [-0.2, 0) is 39.3 Å². The first-order chi connectivity index (χ1) is 26.1. The Morgan fingerprint density at radius 1 is 0.661 bits per heavy atom. The van der Waals surface area contributed by atoms with Gasteiger partial charge in [0.05, 0.1) is 0 Å². The topological polar surface area (TPSA) is 33.5 Å². The van der Waals surface area contributed by atoms with E-state index in [4.69, 9.17) is 9.72 Å². The van der Waals surface area contributed by atoms with E-state index in [-0.39, 0.29) is 37.3 Å². The van der Waals surface area contributed by atoms with E-state index in [2.05, 4.69) is 186 Å². The van der Waals surface area contributed by atoms with Crippen molar-refractivity contribution in [2.24, 2.45) is 10.8 Å². The van der Waals surface area contributed by atoms with Crippen LogP contribution in [0.5, 0.6) is 11.5 Å². The average molecular weight is 919 g/mol. The van der Waals surface area contributed by atoms with Crippen molar-refractivity contribution in [3.8, 4) is 17.3 Å². The molecule has 0 aliphatic carbocycles. The molecule has 56 heavy (non-hydrogen) atoms. The molecular weight excluding hydrogens is 868 g/mol. The maximum Gasteiger partial charge on any atom is 0.135 e. The molecule has 0 unspecified atom stereocenters. The Hall–Kier alpha value is -4.86. The standard InChI is InChI=1S/C50H51N4O.Pt/c1-48(2,3)31-34-22-25-44-47(41(34)32-49(4,5)6)40-24-23-39(30-45(40)54(44)46-28-35(26-27-51-46)50(7,8)9)55-38-19-15-18-37(29-38)53-33-52(36-16-11-10-12-17-36)42-20-13-14-21-43(42)53;/h10-28,33H,31-32H2,1-9H3;/q-3;. The molecular formula is C50H51N4OPt-3. The first-order valence-electron chi connectivity index (χ1n) is 19.4. The minimum atomic E-state index is -0.0298. The second-order valence-electron chi connectivity index (χ2n) is 18.3. The van der Waals surface area contributed by atoms with Gasteiger partial charge in [-0.05, 0) is 93.6 Å². The van der Waals surface area contributed by atoms with Crippen molar-refractivity contribution in [3.05, 3.63) is 151 Å². The van der Waals surface area contributed by atoms with Crippen molar-refractivity contribution in [3.63, 3.8) is 0 Å². The van der Waals surface area contributed by atoms with Crippen molar-refractivity contribution < 1.29 is 25.8 Å². The molecule has 7 aromatic rings. The van der Waals surface area contributed by atoms with Gasteiger partial charge in [-0.15, -0.1) is 48.1 Å². The third kappa shape index (κ3) is 7.89. The number of aromatic nitrogens is 2. The number of hydrogen-bond donors (Lipinski definition) is 0. The Morgan fingerprint density at radius 3 is 2.04 bits per heavy atom. The van der Waals surface area contributed by atoms with Crippen LogP contribution in [0.2, 0.25) is 0 Å². The summed E-state index contributed by atoms with van der Waals surface area (Å²) in [5, 5.41) is 2.43. The van der Waals surface area contributed by atoms with Gasteiger partial charge in [0.2, 0.25) is 0 Å². The van der Waals surface area contributed by atoms with Gasteiger partial charge in [-0.25, -0.2) is 4.98 Å². The summed E-state index contributed by atoms with van der Waals surface area (Å²) in [7, 11) is 0. The Balaban J connectivity index is 0.00000480. The molecule has 0 atom stereocenters. The Labute approximate surface area is 347 Å². The van der Waals surface area contributed by atoms with Crippen molar-refractivity contribution in [2.45, 2.75) is 80.6 Å². The van der Waals surface area contributed by atoms with Crippen LogP contribution in [0.15, 0.2) is 115 Å². The first kappa shape index (κ1) is 39.4. The van der Waals surface area contributed by atoms with E-state index in [1.54, 1.807) is 0 Å². The minimum Gasteiger partial charge on any atom is -0.509 e. The van der Waals surface area contributed by atoms with E-state index < -0.39 is 0 Å². The van der Waals surface area contributed by atoms with E-state index in [9.17, 15) is 0 Å². The fourth-order valence-corrected chi connectivity index (χ4v) is 7.75. The number of pyridine rings is 1. The number of nitrogens with zero attached hydrogens (tertiary/aromatic N) is 4. The number of benzene rings is 5. The minimum absolute atomic E-state index is 0. The molecule has 5 nitrogen and oxygen atoms in total. The smallest absolute Gasteiger partial charge is 0.135 e. The van der Waals surface area contributed by atoms with Gasteiger partial charge in [0.25, 0.3) is 0 Å². The molecule has 0 bridgehead atoms. The van der Waals surface area contributed by atoms with Gasteiger partial charge in [0, 0.05) is 61.3 Å². The first-order valence-corrected chi connectivity index (χ1v) is 19.4. The molecule has 290 valence electrons. The van der Waals surface area contributed by atoms with Gasteiger partial charge >= 0.3 is 0 Å². The molecule has 8 rings (SSSR count). The monoisotopic (exact) mass is 918 g/mol. The van der Waals surface area contributed by atoms with Crippen LogP contribution < -0.4 is 14.5 Å². The molecule has 1 aliphatic rings. The molecule has 0 saturated carbocycles. The summed E-state index contributed by atoms with van der Waals surface area (Å²) in [6, 6.07) is 45.5. The maximum atomic E-state index is 6.65. The maximum absolute atomic E-state index is 6.65. The van der Waals surface area contributed by atoms with E-state index in [1.165, 1.54) is 22.1 Å². The van der Waals surface area contributed by atoms with Gasteiger partial charge in [0.15, 0.2) is 0 Å². The molecule has 2 aromatic heterocycles. The Morgan fingerprint density at radius 2 is 1.34 bits per heavy atom. The van der Waals surface area contributed by atoms with Gasteiger partial charge in [0.1, 0.15) is 5.82 Å². The largest absolute Gasteiger partial charge is 0.509 e. The predicted octanol–water partition coefficient (Wildman–Crippen LogP) is 13.5. The predicted molar refractivity (Wildman–Crippen MR) is 229 cm³/mol. The van der Waals surface area contributed by atoms with Crippen molar-refractivity contribution in [2.75, 3.05) is 9.80 Å². The Kier molecular flexibility index (Phi) is 10.5. The van der Waals surface area contributed by atoms with E-state index in [0.717, 1.165) is 57.8 Å².